The molecule has 2 fully saturated rings. The third kappa shape index (κ3) is 2.97. The quantitative estimate of drug-likeness (QED) is 0.620. The van der Waals surface area contributed by atoms with Crippen LogP contribution in [0.5, 0.6) is 0 Å². The van der Waals surface area contributed by atoms with Crippen LogP contribution in [0, 0.1) is 10.1 Å². The van der Waals surface area contributed by atoms with Gasteiger partial charge >= 0.3 is 6.03 Å². The number of hydrogen-bond acceptors (Lipinski definition) is 5. The van der Waals surface area contributed by atoms with Crippen molar-refractivity contribution in [2.24, 2.45) is 5.73 Å². The standard InChI is InChI=1S/C15H19N5O4/c16-14(21)12-8-10(20(23)24)3-4-13(12)18-6-1-2-11(9-18)19-7-5-17-15(19)22/h3-4,8,11H,1-2,5-7,9H2,(H2,16,21)(H,17,22). The van der Waals surface area contributed by atoms with Gasteiger partial charge in [-0.05, 0) is 18.9 Å². The highest BCUT2D eigenvalue weighted by Crippen LogP contribution is 2.29. The number of nitro benzene ring substituents is 1. The molecule has 1 unspecified atom stereocenters. The van der Waals surface area contributed by atoms with E-state index in [2.05, 4.69) is 5.32 Å². The average Bonchev–Trinajstić information content (AvgIpc) is 3.00. The number of carbonyl (C=O) groups is 2. The van der Waals surface area contributed by atoms with E-state index in [1.165, 1.54) is 12.1 Å². The number of urea groups is 1. The van der Waals surface area contributed by atoms with E-state index in [1.807, 2.05) is 9.80 Å². The van der Waals surface area contributed by atoms with Gasteiger partial charge in [-0.25, -0.2) is 4.79 Å². The lowest BCUT2D eigenvalue weighted by atomic mass is 10.0. The maximum Gasteiger partial charge on any atom is 0.317 e. The summed E-state index contributed by atoms with van der Waals surface area (Å²) in [5.41, 5.74) is 5.96. The van der Waals surface area contributed by atoms with Crippen molar-refractivity contribution in [1.29, 1.82) is 0 Å². The molecule has 0 saturated carbocycles. The molecular weight excluding hydrogens is 314 g/mol. The zero-order valence-electron chi connectivity index (χ0n) is 13.1. The molecule has 2 heterocycles. The summed E-state index contributed by atoms with van der Waals surface area (Å²) in [6, 6.07) is 4.13. The SMILES string of the molecule is NC(=O)c1cc([N+](=O)[O-])ccc1N1CCCC(N2CCNC2=O)C1. The smallest absolute Gasteiger partial charge is 0.317 e. The molecule has 2 aliphatic heterocycles. The normalized spacial score (nSPS) is 20.8. The van der Waals surface area contributed by atoms with Gasteiger partial charge in [0, 0.05) is 38.3 Å². The molecule has 128 valence electrons. The van der Waals surface area contributed by atoms with Crippen molar-refractivity contribution < 1.29 is 14.5 Å². The number of amides is 3. The van der Waals surface area contributed by atoms with Gasteiger partial charge in [0.2, 0.25) is 0 Å². The summed E-state index contributed by atoms with van der Waals surface area (Å²) < 4.78 is 0. The fraction of sp³-hybridized carbons (Fsp3) is 0.467. The van der Waals surface area contributed by atoms with Crippen LogP contribution in [0.1, 0.15) is 23.2 Å². The summed E-state index contributed by atoms with van der Waals surface area (Å²) in [6.07, 6.45) is 1.76. The van der Waals surface area contributed by atoms with Gasteiger partial charge in [-0.1, -0.05) is 0 Å². The number of primary amides is 1. The summed E-state index contributed by atoms with van der Waals surface area (Å²) in [6.45, 7) is 2.59. The Balaban J connectivity index is 1.86. The van der Waals surface area contributed by atoms with Crippen molar-refractivity contribution in [1.82, 2.24) is 10.2 Å². The molecule has 3 amide bonds. The summed E-state index contributed by atoms with van der Waals surface area (Å²) in [4.78, 5) is 37.7. The van der Waals surface area contributed by atoms with Gasteiger partial charge in [0.15, 0.2) is 0 Å². The fourth-order valence-electron chi connectivity index (χ4n) is 3.37. The minimum atomic E-state index is -0.699. The predicted molar refractivity (Wildman–Crippen MR) is 87.0 cm³/mol. The van der Waals surface area contributed by atoms with Crippen LogP contribution < -0.4 is 16.0 Å². The van der Waals surface area contributed by atoms with Gasteiger partial charge in [-0.3, -0.25) is 14.9 Å². The average molecular weight is 333 g/mol. The van der Waals surface area contributed by atoms with Crippen LogP contribution in [0.4, 0.5) is 16.2 Å². The van der Waals surface area contributed by atoms with E-state index in [1.54, 1.807) is 6.07 Å². The summed E-state index contributed by atoms with van der Waals surface area (Å²) in [7, 11) is 0. The van der Waals surface area contributed by atoms with Crippen LogP contribution in [0.3, 0.4) is 0 Å². The Morgan fingerprint density at radius 2 is 2.17 bits per heavy atom. The van der Waals surface area contributed by atoms with Crippen molar-refractivity contribution in [3.8, 4) is 0 Å². The second kappa shape index (κ2) is 6.34. The van der Waals surface area contributed by atoms with E-state index in [0.717, 1.165) is 12.8 Å². The Hall–Kier alpha value is -2.84. The number of non-ortho nitro benzene ring substituents is 1. The van der Waals surface area contributed by atoms with Crippen LogP contribution in [-0.4, -0.2) is 54.0 Å². The zero-order chi connectivity index (χ0) is 17.3. The first-order valence-electron chi connectivity index (χ1n) is 7.85. The molecule has 1 aromatic carbocycles. The number of nitro groups is 1. The molecule has 0 aliphatic carbocycles. The molecule has 9 heteroatoms. The Morgan fingerprint density at radius 3 is 2.79 bits per heavy atom. The summed E-state index contributed by atoms with van der Waals surface area (Å²) in [5, 5.41) is 13.7. The number of carbonyl (C=O) groups excluding carboxylic acids is 2. The van der Waals surface area contributed by atoms with Crippen molar-refractivity contribution in [3.63, 3.8) is 0 Å². The van der Waals surface area contributed by atoms with Crippen LogP contribution in [0.25, 0.3) is 0 Å². The topological polar surface area (TPSA) is 122 Å². The minimum absolute atomic E-state index is 0.0529. The van der Waals surface area contributed by atoms with Crippen molar-refractivity contribution in [3.05, 3.63) is 33.9 Å². The highest BCUT2D eigenvalue weighted by Gasteiger charge is 2.32. The lowest BCUT2D eigenvalue weighted by Crippen LogP contribution is -2.49. The first kappa shape index (κ1) is 16.0. The number of nitrogens with one attached hydrogen (secondary N) is 1. The summed E-state index contributed by atoms with van der Waals surface area (Å²) in [5.74, 6) is -0.699. The molecule has 2 saturated heterocycles. The Labute approximate surface area is 138 Å². The molecule has 3 rings (SSSR count). The van der Waals surface area contributed by atoms with Crippen molar-refractivity contribution in [2.45, 2.75) is 18.9 Å². The molecule has 0 radical (unpaired) electrons. The van der Waals surface area contributed by atoms with Gasteiger partial charge < -0.3 is 20.9 Å². The van der Waals surface area contributed by atoms with Gasteiger partial charge in [0.1, 0.15) is 0 Å². The first-order valence-corrected chi connectivity index (χ1v) is 7.85. The van der Waals surface area contributed by atoms with E-state index in [4.69, 9.17) is 5.73 Å². The lowest BCUT2D eigenvalue weighted by molar-refractivity contribution is -0.384. The fourth-order valence-corrected chi connectivity index (χ4v) is 3.37. The first-order chi connectivity index (χ1) is 11.5. The largest absolute Gasteiger partial charge is 0.369 e. The molecule has 24 heavy (non-hydrogen) atoms. The van der Waals surface area contributed by atoms with Gasteiger partial charge in [0.05, 0.1) is 22.2 Å². The second-order valence-corrected chi connectivity index (χ2v) is 5.99. The molecular formula is C15H19N5O4. The Kier molecular flexibility index (Phi) is 4.24. The molecule has 2 aliphatic rings. The molecule has 0 spiro atoms. The van der Waals surface area contributed by atoms with Crippen molar-refractivity contribution >= 4 is 23.3 Å². The highest BCUT2D eigenvalue weighted by atomic mass is 16.6. The van der Waals surface area contributed by atoms with Gasteiger partial charge in [-0.2, -0.15) is 0 Å². The third-order valence-corrected chi connectivity index (χ3v) is 4.52. The zero-order valence-corrected chi connectivity index (χ0v) is 13.1. The molecule has 9 nitrogen and oxygen atoms in total. The Morgan fingerprint density at radius 1 is 1.38 bits per heavy atom. The molecule has 1 aromatic rings. The van der Waals surface area contributed by atoms with E-state index in [-0.39, 0.29) is 23.3 Å². The minimum Gasteiger partial charge on any atom is -0.369 e. The molecule has 1 atom stereocenters. The maximum atomic E-state index is 11.9. The summed E-state index contributed by atoms with van der Waals surface area (Å²) >= 11 is 0. The predicted octanol–water partition coefficient (Wildman–Crippen LogP) is 0.688. The number of piperidine rings is 1. The number of nitrogens with two attached hydrogens (primary N) is 1. The van der Waals surface area contributed by atoms with Crippen LogP contribution in [0.15, 0.2) is 18.2 Å². The van der Waals surface area contributed by atoms with Gasteiger partial charge in [-0.15, -0.1) is 0 Å². The van der Waals surface area contributed by atoms with Crippen LogP contribution >= 0.6 is 0 Å². The highest BCUT2D eigenvalue weighted by molar-refractivity contribution is 5.99. The third-order valence-electron chi connectivity index (χ3n) is 4.52. The number of rotatable bonds is 4. The molecule has 0 bridgehead atoms. The lowest BCUT2D eigenvalue weighted by Gasteiger charge is -2.38. The van der Waals surface area contributed by atoms with E-state index < -0.39 is 10.8 Å². The molecule has 0 aromatic heterocycles. The van der Waals surface area contributed by atoms with Gasteiger partial charge in [0.25, 0.3) is 11.6 Å². The number of nitrogens with zero attached hydrogens (tertiary/aromatic N) is 3. The Bertz CT molecular complexity index is 692. The van der Waals surface area contributed by atoms with E-state index in [0.29, 0.717) is 31.9 Å². The van der Waals surface area contributed by atoms with E-state index in [9.17, 15) is 19.7 Å². The van der Waals surface area contributed by atoms with Crippen molar-refractivity contribution in [2.75, 3.05) is 31.1 Å². The van der Waals surface area contributed by atoms with Crippen LogP contribution in [0.2, 0.25) is 0 Å². The number of anilines is 1. The van der Waals surface area contributed by atoms with Crippen LogP contribution in [-0.2, 0) is 0 Å². The second-order valence-electron chi connectivity index (χ2n) is 5.99. The number of hydrogen-bond donors (Lipinski definition) is 2. The maximum absolute atomic E-state index is 11.9. The monoisotopic (exact) mass is 333 g/mol. The number of benzene rings is 1. The van der Waals surface area contributed by atoms with E-state index >= 15 is 0 Å². The molecule has 3 N–H and O–H groups in total.